The van der Waals surface area contributed by atoms with Gasteiger partial charge >= 0.3 is 18.4 Å². The van der Waals surface area contributed by atoms with Crippen LogP contribution in [0.5, 0.6) is 0 Å². The van der Waals surface area contributed by atoms with Gasteiger partial charge in [-0.05, 0) is 51.8 Å². The van der Waals surface area contributed by atoms with Crippen molar-refractivity contribution in [2.75, 3.05) is 26.2 Å². The van der Waals surface area contributed by atoms with E-state index in [1.54, 1.807) is 25.7 Å². The van der Waals surface area contributed by atoms with Gasteiger partial charge in [0.15, 0.2) is 11.3 Å². The molecule has 2 aliphatic rings. The number of piperidine rings is 1. The van der Waals surface area contributed by atoms with Crippen LogP contribution < -0.4 is 0 Å². The summed E-state index contributed by atoms with van der Waals surface area (Å²) in [6.45, 7) is 6.38. The molecule has 40 heavy (non-hydrogen) atoms. The second kappa shape index (κ2) is 10.0. The SMILES string of the molecule is CC(C)(C)OC(=O)n1cccc1-c1cc(C(F)(F)F)c2nc(C(=O)N3CCC(N4CCOC4=O)CC3)c(Cl)n2c1. The third-order valence-corrected chi connectivity index (χ3v) is 7.15. The predicted octanol–water partition coefficient (Wildman–Crippen LogP) is 5.32. The molecule has 5 heterocycles. The minimum absolute atomic E-state index is 0.0206. The van der Waals surface area contributed by atoms with Gasteiger partial charge < -0.3 is 19.3 Å². The number of pyridine rings is 1. The molecule has 5 rings (SSSR count). The first-order valence-corrected chi connectivity index (χ1v) is 13.0. The quantitative estimate of drug-likeness (QED) is 0.415. The Balaban J connectivity index is 1.48. The van der Waals surface area contributed by atoms with E-state index in [9.17, 15) is 27.6 Å². The highest BCUT2D eigenvalue weighted by Gasteiger charge is 2.38. The Morgan fingerprint density at radius 1 is 1.15 bits per heavy atom. The third kappa shape index (κ3) is 5.21. The van der Waals surface area contributed by atoms with E-state index in [-0.39, 0.29) is 47.3 Å². The van der Waals surface area contributed by atoms with Crippen LogP contribution in [0.1, 0.15) is 49.7 Å². The van der Waals surface area contributed by atoms with Gasteiger partial charge in [0, 0.05) is 37.1 Å². The molecular formula is C26H27ClF3N5O5. The molecule has 10 nitrogen and oxygen atoms in total. The van der Waals surface area contributed by atoms with Gasteiger partial charge in [-0.3, -0.25) is 13.8 Å². The molecule has 2 saturated heterocycles. The first kappa shape index (κ1) is 27.8. The molecular weight excluding hydrogens is 555 g/mol. The summed E-state index contributed by atoms with van der Waals surface area (Å²) in [4.78, 5) is 45.1. The number of hydrogen-bond acceptors (Lipinski definition) is 6. The molecule has 2 amide bonds. The molecule has 0 saturated carbocycles. The summed E-state index contributed by atoms with van der Waals surface area (Å²) in [7, 11) is 0. The Hall–Kier alpha value is -3.74. The maximum atomic E-state index is 14.2. The van der Waals surface area contributed by atoms with Crippen molar-refractivity contribution in [1.82, 2.24) is 23.8 Å². The van der Waals surface area contributed by atoms with Crippen LogP contribution >= 0.6 is 11.6 Å². The summed E-state index contributed by atoms with van der Waals surface area (Å²) >= 11 is 6.49. The van der Waals surface area contributed by atoms with Gasteiger partial charge in [0.05, 0.1) is 17.8 Å². The Labute approximate surface area is 232 Å². The number of halogens is 4. The first-order valence-electron chi connectivity index (χ1n) is 12.7. The number of ether oxygens (including phenoxy) is 2. The number of nitrogens with zero attached hydrogens (tertiary/aromatic N) is 5. The molecule has 3 aromatic heterocycles. The van der Waals surface area contributed by atoms with Crippen molar-refractivity contribution in [3.8, 4) is 11.3 Å². The standard InChI is InChI=1S/C26H27ClF3N5O5/c1-25(2,3)40-24(38)34-8-4-5-18(34)15-13-17(26(28,29)30)21-31-19(20(27)35(21)14-15)22(36)32-9-6-16(7-10-32)33-11-12-39-23(33)37/h4-5,8,13-14,16H,6-7,9-12H2,1-3H3. The summed E-state index contributed by atoms with van der Waals surface area (Å²) in [6, 6.07) is 3.76. The Bertz CT molecular complexity index is 1480. The second-order valence-corrected chi connectivity index (χ2v) is 11.0. The molecule has 0 N–H and O–H groups in total. The summed E-state index contributed by atoms with van der Waals surface area (Å²) in [5.74, 6) is -0.608. The highest BCUT2D eigenvalue weighted by atomic mass is 35.5. The Morgan fingerprint density at radius 3 is 2.45 bits per heavy atom. The fourth-order valence-corrected chi connectivity index (χ4v) is 5.21. The van der Waals surface area contributed by atoms with E-state index >= 15 is 0 Å². The third-order valence-electron chi connectivity index (χ3n) is 6.79. The minimum Gasteiger partial charge on any atom is -0.448 e. The maximum absolute atomic E-state index is 14.2. The van der Waals surface area contributed by atoms with E-state index in [2.05, 4.69) is 4.98 Å². The fourth-order valence-electron chi connectivity index (χ4n) is 4.96. The van der Waals surface area contributed by atoms with E-state index in [4.69, 9.17) is 21.1 Å². The van der Waals surface area contributed by atoms with E-state index < -0.39 is 35.0 Å². The number of likely N-dealkylation sites (tertiary alicyclic amines) is 1. The molecule has 0 bridgehead atoms. The topological polar surface area (TPSA) is 98.4 Å². The average molecular weight is 582 g/mol. The smallest absolute Gasteiger partial charge is 0.420 e. The van der Waals surface area contributed by atoms with Crippen LogP contribution in [0.2, 0.25) is 5.15 Å². The monoisotopic (exact) mass is 581 g/mol. The molecule has 214 valence electrons. The average Bonchev–Trinajstić information content (AvgIpc) is 3.61. The van der Waals surface area contributed by atoms with Crippen molar-refractivity contribution < 1.29 is 37.0 Å². The largest absolute Gasteiger partial charge is 0.448 e. The molecule has 0 unspecified atom stereocenters. The number of cyclic esters (lactones) is 1. The van der Waals surface area contributed by atoms with E-state index in [1.165, 1.54) is 29.4 Å². The first-order chi connectivity index (χ1) is 18.7. The lowest BCUT2D eigenvalue weighted by atomic mass is 10.0. The van der Waals surface area contributed by atoms with E-state index in [0.717, 1.165) is 15.0 Å². The zero-order valence-electron chi connectivity index (χ0n) is 22.0. The van der Waals surface area contributed by atoms with Crippen LogP contribution in [-0.2, 0) is 15.7 Å². The summed E-state index contributed by atoms with van der Waals surface area (Å²) < 4.78 is 55.1. The van der Waals surface area contributed by atoms with Crippen LogP contribution in [0.25, 0.3) is 16.9 Å². The highest BCUT2D eigenvalue weighted by molar-refractivity contribution is 6.33. The van der Waals surface area contributed by atoms with Crippen LogP contribution in [0.3, 0.4) is 0 Å². The zero-order chi connectivity index (χ0) is 29.0. The molecule has 3 aromatic rings. The molecule has 0 aliphatic carbocycles. The molecule has 0 atom stereocenters. The number of rotatable bonds is 3. The summed E-state index contributed by atoms with van der Waals surface area (Å²) in [6.07, 6.45) is -2.31. The van der Waals surface area contributed by atoms with Crippen molar-refractivity contribution in [1.29, 1.82) is 0 Å². The molecule has 0 aromatic carbocycles. The highest BCUT2D eigenvalue weighted by Crippen LogP contribution is 2.37. The lowest BCUT2D eigenvalue weighted by molar-refractivity contribution is -0.136. The van der Waals surface area contributed by atoms with Gasteiger partial charge in [0.1, 0.15) is 17.4 Å². The van der Waals surface area contributed by atoms with Gasteiger partial charge in [-0.15, -0.1) is 0 Å². The van der Waals surface area contributed by atoms with Crippen LogP contribution in [0.4, 0.5) is 22.8 Å². The number of alkyl halides is 3. The number of carbonyl (C=O) groups is 3. The molecule has 2 fully saturated rings. The lowest BCUT2D eigenvalue weighted by Crippen LogP contribution is -2.47. The molecule has 14 heteroatoms. The van der Waals surface area contributed by atoms with E-state index in [0.29, 0.717) is 26.0 Å². The zero-order valence-corrected chi connectivity index (χ0v) is 22.8. The Morgan fingerprint density at radius 2 is 1.85 bits per heavy atom. The molecule has 2 aliphatic heterocycles. The van der Waals surface area contributed by atoms with Gasteiger partial charge in [-0.2, -0.15) is 13.2 Å². The van der Waals surface area contributed by atoms with Crippen molar-refractivity contribution in [3.63, 3.8) is 0 Å². The van der Waals surface area contributed by atoms with Gasteiger partial charge in [0.25, 0.3) is 5.91 Å². The fraction of sp³-hybridized carbons (Fsp3) is 0.462. The number of hydrogen-bond donors (Lipinski definition) is 0. The molecule has 0 radical (unpaired) electrons. The summed E-state index contributed by atoms with van der Waals surface area (Å²) in [5, 5.41) is -0.284. The van der Waals surface area contributed by atoms with Crippen molar-refractivity contribution in [3.05, 3.63) is 47.0 Å². The Kier molecular flexibility index (Phi) is 6.97. The van der Waals surface area contributed by atoms with Crippen molar-refractivity contribution >= 4 is 35.3 Å². The van der Waals surface area contributed by atoms with Crippen molar-refractivity contribution in [2.45, 2.75) is 51.4 Å². The van der Waals surface area contributed by atoms with E-state index in [1.807, 2.05) is 0 Å². The van der Waals surface area contributed by atoms with Gasteiger partial charge in [-0.25, -0.2) is 14.6 Å². The second-order valence-electron chi connectivity index (χ2n) is 10.7. The van der Waals surface area contributed by atoms with Gasteiger partial charge in [-0.1, -0.05) is 11.6 Å². The van der Waals surface area contributed by atoms with Crippen LogP contribution in [0.15, 0.2) is 30.6 Å². The van der Waals surface area contributed by atoms with Gasteiger partial charge in [0.2, 0.25) is 0 Å². The minimum atomic E-state index is -4.84. The number of amides is 2. The number of aromatic nitrogens is 3. The number of carbonyl (C=O) groups excluding carboxylic acids is 3. The normalized spacial score (nSPS) is 17.0. The summed E-state index contributed by atoms with van der Waals surface area (Å²) in [5.41, 5.74) is -2.63. The van der Waals surface area contributed by atoms with Crippen LogP contribution in [0, 0.1) is 0 Å². The molecule has 0 spiro atoms. The lowest BCUT2D eigenvalue weighted by Gasteiger charge is -2.35. The number of fused-ring (bicyclic) bond motifs is 1. The van der Waals surface area contributed by atoms with Crippen molar-refractivity contribution in [2.24, 2.45) is 0 Å². The van der Waals surface area contributed by atoms with Crippen LogP contribution in [-0.4, -0.2) is 79.7 Å². The predicted molar refractivity (Wildman–Crippen MR) is 137 cm³/mol. The number of imidazole rings is 1. The maximum Gasteiger partial charge on any atom is 0.420 e.